The van der Waals surface area contributed by atoms with E-state index in [-0.39, 0.29) is 5.57 Å². The molecule has 0 aliphatic heterocycles. The second-order valence-electron chi connectivity index (χ2n) is 7.61. The van der Waals surface area contributed by atoms with E-state index in [1.54, 1.807) is 34.6 Å². The van der Waals surface area contributed by atoms with Crippen LogP contribution in [-0.2, 0) is 19.1 Å². The highest BCUT2D eigenvalue weighted by Crippen LogP contribution is 2.64. The van der Waals surface area contributed by atoms with Crippen molar-refractivity contribution in [3.63, 3.8) is 0 Å². The third kappa shape index (κ3) is 3.15. The van der Waals surface area contributed by atoms with E-state index in [4.69, 9.17) is 9.47 Å². The fourth-order valence-electron chi connectivity index (χ4n) is 3.00. The van der Waals surface area contributed by atoms with Crippen LogP contribution in [-0.4, -0.2) is 29.6 Å². The van der Waals surface area contributed by atoms with Crippen molar-refractivity contribution in [1.82, 2.24) is 0 Å². The Morgan fingerprint density at radius 1 is 1.27 bits per heavy atom. The van der Waals surface area contributed by atoms with Gasteiger partial charge in [0.15, 0.2) is 0 Å². The van der Waals surface area contributed by atoms with Crippen molar-refractivity contribution in [2.24, 2.45) is 17.3 Å². The van der Waals surface area contributed by atoms with Gasteiger partial charge in [-0.25, -0.2) is 0 Å². The molecular weight excluding hydrogens is 294 g/mol. The first-order valence-electron chi connectivity index (χ1n) is 7.28. The van der Waals surface area contributed by atoms with Crippen LogP contribution in [0.1, 0.15) is 41.5 Å². The lowest BCUT2D eigenvalue weighted by molar-refractivity contribution is -0.159. The maximum atomic E-state index is 13.3. The summed E-state index contributed by atoms with van der Waals surface area (Å²) in [4.78, 5) is 23.5. The fraction of sp³-hybridized carbons (Fsp3) is 0.750. The highest BCUT2D eigenvalue weighted by Gasteiger charge is 2.70. The van der Waals surface area contributed by atoms with Crippen LogP contribution < -0.4 is 0 Å². The van der Waals surface area contributed by atoms with Gasteiger partial charge in [-0.05, 0) is 32.3 Å². The van der Waals surface area contributed by atoms with Gasteiger partial charge in [0.1, 0.15) is 11.7 Å². The number of ether oxygens (including phenoxy) is 2. The van der Waals surface area contributed by atoms with Gasteiger partial charge in [0, 0.05) is 18.4 Å². The van der Waals surface area contributed by atoms with E-state index in [0.29, 0.717) is 0 Å². The normalized spacial score (nSPS) is 29.2. The van der Waals surface area contributed by atoms with Crippen LogP contribution in [0.15, 0.2) is 11.6 Å². The first-order chi connectivity index (χ1) is 9.77. The molecule has 0 saturated heterocycles. The Morgan fingerprint density at radius 2 is 1.77 bits per heavy atom. The van der Waals surface area contributed by atoms with Gasteiger partial charge in [-0.3, -0.25) is 9.59 Å². The van der Waals surface area contributed by atoms with Crippen molar-refractivity contribution in [3.8, 4) is 0 Å². The molecular formula is C16H22F2O4. The van der Waals surface area contributed by atoms with Crippen LogP contribution in [0.25, 0.3) is 0 Å². The summed E-state index contributed by atoms with van der Waals surface area (Å²) < 4.78 is 37.1. The van der Waals surface area contributed by atoms with Crippen LogP contribution in [0.5, 0.6) is 0 Å². The van der Waals surface area contributed by atoms with Crippen molar-refractivity contribution >= 4 is 11.9 Å². The van der Waals surface area contributed by atoms with Gasteiger partial charge in [-0.15, -0.1) is 0 Å². The van der Waals surface area contributed by atoms with Gasteiger partial charge < -0.3 is 9.47 Å². The van der Waals surface area contributed by atoms with Crippen LogP contribution >= 0.6 is 0 Å². The Labute approximate surface area is 128 Å². The average molecular weight is 316 g/mol. The quantitative estimate of drug-likeness (QED) is 0.591. The number of halogens is 2. The van der Waals surface area contributed by atoms with Crippen LogP contribution in [0.2, 0.25) is 0 Å². The monoisotopic (exact) mass is 316 g/mol. The Morgan fingerprint density at radius 3 is 2.14 bits per heavy atom. The van der Waals surface area contributed by atoms with Crippen molar-refractivity contribution < 1.29 is 27.8 Å². The minimum atomic E-state index is -3.02. The second-order valence-corrected chi connectivity index (χ2v) is 7.61. The zero-order valence-electron chi connectivity index (χ0n) is 13.7. The maximum Gasteiger partial charge on any atom is 0.310 e. The second kappa shape index (κ2) is 4.77. The fourth-order valence-corrected chi connectivity index (χ4v) is 3.00. The SMILES string of the molecule is CC(=O)O[C@@H](C1=CC1(F)F)[C@H]1[C@H](C(=O)OC(C)(C)C)C1(C)C. The first kappa shape index (κ1) is 16.9. The number of allylic oxidation sites excluding steroid dienone is 1. The zero-order valence-corrected chi connectivity index (χ0v) is 13.7. The molecule has 2 rings (SSSR count). The molecule has 0 aromatic carbocycles. The molecule has 3 atom stereocenters. The summed E-state index contributed by atoms with van der Waals surface area (Å²) in [5.41, 5.74) is -1.42. The highest BCUT2D eigenvalue weighted by molar-refractivity contribution is 5.79. The smallest absolute Gasteiger partial charge is 0.310 e. The Kier molecular flexibility index (Phi) is 3.66. The summed E-state index contributed by atoms with van der Waals surface area (Å²) >= 11 is 0. The lowest BCUT2D eigenvalue weighted by Gasteiger charge is -2.20. The summed E-state index contributed by atoms with van der Waals surface area (Å²) in [5.74, 6) is -5.15. The van der Waals surface area contributed by atoms with Gasteiger partial charge >= 0.3 is 11.9 Å². The molecule has 1 fully saturated rings. The summed E-state index contributed by atoms with van der Waals surface area (Å²) in [7, 11) is 0. The molecule has 0 aromatic heterocycles. The summed E-state index contributed by atoms with van der Waals surface area (Å²) in [6, 6.07) is 0. The summed E-state index contributed by atoms with van der Waals surface area (Å²) in [5, 5.41) is 0. The Hall–Kier alpha value is -1.46. The van der Waals surface area contributed by atoms with Gasteiger partial charge in [0.2, 0.25) is 0 Å². The van der Waals surface area contributed by atoms with E-state index in [2.05, 4.69) is 0 Å². The first-order valence-corrected chi connectivity index (χ1v) is 7.28. The molecule has 0 amide bonds. The predicted octanol–water partition coefficient (Wildman–Crippen LogP) is 3.11. The average Bonchev–Trinajstić information content (AvgIpc) is 3.05. The molecule has 0 heterocycles. The van der Waals surface area contributed by atoms with E-state index in [1.165, 1.54) is 6.92 Å². The summed E-state index contributed by atoms with van der Waals surface area (Å²) in [6.45, 7) is 10.0. The molecule has 0 radical (unpaired) electrons. The number of alkyl halides is 2. The number of carbonyl (C=O) groups excluding carboxylic acids is 2. The van der Waals surface area contributed by atoms with E-state index < -0.39 is 46.8 Å². The summed E-state index contributed by atoms with van der Waals surface area (Å²) in [6.07, 6.45) is -0.291. The van der Waals surface area contributed by atoms with Gasteiger partial charge in [0.05, 0.1) is 5.92 Å². The van der Waals surface area contributed by atoms with Crippen molar-refractivity contribution in [1.29, 1.82) is 0 Å². The zero-order chi connectivity index (χ0) is 17.1. The van der Waals surface area contributed by atoms with E-state index in [9.17, 15) is 18.4 Å². The topological polar surface area (TPSA) is 52.6 Å². The largest absolute Gasteiger partial charge is 0.460 e. The van der Waals surface area contributed by atoms with Crippen molar-refractivity contribution in [2.75, 3.05) is 0 Å². The molecule has 1 saturated carbocycles. The molecule has 6 heteroatoms. The number of hydrogen-bond donors (Lipinski definition) is 0. The standard InChI is InChI=1S/C16H22F2O4/c1-8(19)21-12(9-7-16(9,17)18)10-11(15(10,5)6)13(20)22-14(2,3)4/h7,10-12H,1-6H3/t10-,11-,12+/m1/s1. The molecule has 0 unspecified atom stereocenters. The minimum absolute atomic E-state index is 0.216. The van der Waals surface area contributed by atoms with Crippen molar-refractivity contribution in [3.05, 3.63) is 11.6 Å². The van der Waals surface area contributed by atoms with E-state index in [0.717, 1.165) is 6.08 Å². The third-order valence-corrected chi connectivity index (χ3v) is 4.14. The maximum absolute atomic E-state index is 13.3. The number of esters is 2. The molecule has 2 aliphatic rings. The van der Waals surface area contributed by atoms with Crippen LogP contribution in [0, 0.1) is 17.3 Å². The van der Waals surface area contributed by atoms with Crippen LogP contribution in [0.3, 0.4) is 0 Å². The molecule has 0 aromatic rings. The lowest BCUT2D eigenvalue weighted by atomic mass is 10.0. The molecule has 22 heavy (non-hydrogen) atoms. The molecule has 0 N–H and O–H groups in total. The number of hydrogen-bond acceptors (Lipinski definition) is 4. The minimum Gasteiger partial charge on any atom is -0.460 e. The molecule has 2 aliphatic carbocycles. The molecule has 124 valence electrons. The Bertz CT molecular complexity index is 543. The highest BCUT2D eigenvalue weighted by atomic mass is 19.3. The van der Waals surface area contributed by atoms with Crippen molar-refractivity contribution in [2.45, 2.75) is 59.2 Å². The van der Waals surface area contributed by atoms with E-state index >= 15 is 0 Å². The van der Waals surface area contributed by atoms with E-state index in [1.807, 2.05) is 0 Å². The third-order valence-electron chi connectivity index (χ3n) is 4.14. The molecule has 0 spiro atoms. The number of carbonyl (C=O) groups is 2. The lowest BCUT2D eigenvalue weighted by Crippen LogP contribution is -2.28. The Balaban J connectivity index is 2.17. The molecule has 0 bridgehead atoms. The predicted molar refractivity (Wildman–Crippen MR) is 75.2 cm³/mol. The van der Waals surface area contributed by atoms with Crippen LogP contribution in [0.4, 0.5) is 8.78 Å². The van der Waals surface area contributed by atoms with Gasteiger partial charge in [0.25, 0.3) is 5.92 Å². The van der Waals surface area contributed by atoms with Gasteiger partial charge in [-0.2, -0.15) is 8.78 Å². The van der Waals surface area contributed by atoms with Gasteiger partial charge in [-0.1, -0.05) is 13.8 Å². The number of rotatable bonds is 4. The molecule has 4 nitrogen and oxygen atoms in total.